The maximum atomic E-state index is 12.3. The van der Waals surface area contributed by atoms with Gasteiger partial charge in [0.25, 0.3) is 5.91 Å². The molecular formula is C18H24N2O4. The van der Waals surface area contributed by atoms with Crippen molar-refractivity contribution in [1.82, 2.24) is 9.88 Å². The fourth-order valence-electron chi connectivity index (χ4n) is 2.41. The number of aromatic nitrogens is 1. The Kier molecular flexibility index (Phi) is 6.26. The van der Waals surface area contributed by atoms with Gasteiger partial charge in [-0.15, -0.1) is 0 Å². The van der Waals surface area contributed by atoms with Gasteiger partial charge in [0.2, 0.25) is 0 Å². The van der Waals surface area contributed by atoms with Crippen LogP contribution in [0.25, 0.3) is 0 Å². The molecule has 1 unspecified atom stereocenters. The molecule has 1 heterocycles. The Hall–Kier alpha value is -2.47. The summed E-state index contributed by atoms with van der Waals surface area (Å²) in [7, 11) is 1.85. The Morgan fingerprint density at radius 3 is 2.54 bits per heavy atom. The summed E-state index contributed by atoms with van der Waals surface area (Å²) >= 11 is 0. The smallest absolute Gasteiger partial charge is 0.251 e. The molecule has 0 fully saturated rings. The molecule has 0 aliphatic carbocycles. The first-order valence-electron chi connectivity index (χ1n) is 8.04. The molecular weight excluding hydrogens is 308 g/mol. The number of rotatable bonds is 8. The van der Waals surface area contributed by atoms with Gasteiger partial charge in [-0.3, -0.25) is 4.79 Å². The molecule has 2 aromatic rings. The van der Waals surface area contributed by atoms with Crippen molar-refractivity contribution >= 4 is 5.91 Å². The Morgan fingerprint density at radius 2 is 1.92 bits per heavy atom. The highest BCUT2D eigenvalue weighted by atomic mass is 16.5. The predicted octanol–water partition coefficient (Wildman–Crippen LogP) is 2.29. The minimum absolute atomic E-state index is 0.133. The summed E-state index contributed by atoms with van der Waals surface area (Å²) in [5.41, 5.74) is 1.21. The topological polar surface area (TPSA) is 72.7 Å². The van der Waals surface area contributed by atoms with E-state index >= 15 is 0 Å². The van der Waals surface area contributed by atoms with E-state index in [2.05, 4.69) is 5.32 Å². The van der Waals surface area contributed by atoms with Crippen LogP contribution in [0.5, 0.6) is 11.5 Å². The SMILES string of the molecule is CCOc1ccc(C(=O)NCC(O)c2cccn2C)cc1OCC. The zero-order valence-corrected chi connectivity index (χ0v) is 14.3. The zero-order valence-electron chi connectivity index (χ0n) is 14.3. The number of hydrogen-bond acceptors (Lipinski definition) is 4. The van der Waals surface area contributed by atoms with E-state index in [0.717, 1.165) is 5.69 Å². The molecule has 1 aromatic heterocycles. The normalized spacial score (nSPS) is 11.8. The minimum Gasteiger partial charge on any atom is -0.490 e. The highest BCUT2D eigenvalue weighted by Crippen LogP contribution is 2.28. The van der Waals surface area contributed by atoms with Crippen molar-refractivity contribution < 1.29 is 19.4 Å². The van der Waals surface area contributed by atoms with E-state index in [1.54, 1.807) is 18.2 Å². The number of nitrogens with zero attached hydrogens (tertiary/aromatic N) is 1. The van der Waals surface area contributed by atoms with Crippen molar-refractivity contribution in [3.63, 3.8) is 0 Å². The standard InChI is InChI=1S/C18H24N2O4/c1-4-23-16-9-8-13(11-17(16)24-5-2)18(22)19-12-15(21)14-7-6-10-20(14)3/h6-11,15,21H,4-5,12H2,1-3H3,(H,19,22). The average molecular weight is 332 g/mol. The summed E-state index contributed by atoms with van der Waals surface area (Å²) < 4.78 is 12.8. The van der Waals surface area contributed by atoms with Crippen LogP contribution in [0, 0.1) is 0 Å². The van der Waals surface area contributed by atoms with Crippen LogP contribution in [-0.4, -0.2) is 35.3 Å². The molecule has 0 aliphatic heterocycles. The molecule has 130 valence electrons. The molecule has 0 aliphatic rings. The molecule has 0 bridgehead atoms. The number of aryl methyl sites for hydroxylation is 1. The number of aliphatic hydroxyl groups excluding tert-OH is 1. The predicted molar refractivity (Wildman–Crippen MR) is 91.5 cm³/mol. The van der Waals surface area contributed by atoms with E-state index in [0.29, 0.717) is 30.3 Å². The van der Waals surface area contributed by atoms with Gasteiger partial charge in [0.1, 0.15) is 6.10 Å². The van der Waals surface area contributed by atoms with Crippen molar-refractivity contribution in [2.24, 2.45) is 7.05 Å². The zero-order chi connectivity index (χ0) is 17.5. The van der Waals surface area contributed by atoms with Crippen LogP contribution in [0.15, 0.2) is 36.5 Å². The fraction of sp³-hybridized carbons (Fsp3) is 0.389. The second kappa shape index (κ2) is 8.40. The highest BCUT2D eigenvalue weighted by Gasteiger charge is 2.15. The first kappa shape index (κ1) is 17.9. The lowest BCUT2D eigenvalue weighted by Crippen LogP contribution is -2.29. The van der Waals surface area contributed by atoms with Gasteiger partial charge < -0.3 is 24.5 Å². The van der Waals surface area contributed by atoms with Crippen molar-refractivity contribution in [2.75, 3.05) is 19.8 Å². The third-order valence-electron chi connectivity index (χ3n) is 3.59. The molecule has 1 amide bonds. The van der Waals surface area contributed by atoms with Gasteiger partial charge in [-0.05, 0) is 44.2 Å². The maximum absolute atomic E-state index is 12.3. The summed E-state index contributed by atoms with van der Waals surface area (Å²) in [5, 5.41) is 12.9. The highest BCUT2D eigenvalue weighted by molar-refractivity contribution is 5.94. The first-order chi connectivity index (χ1) is 11.6. The Bertz CT molecular complexity index is 681. The number of benzene rings is 1. The summed E-state index contributed by atoms with van der Waals surface area (Å²) in [4.78, 5) is 12.3. The van der Waals surface area contributed by atoms with Gasteiger partial charge in [0.05, 0.1) is 13.2 Å². The number of carbonyl (C=O) groups is 1. The molecule has 6 nitrogen and oxygen atoms in total. The molecule has 0 radical (unpaired) electrons. The van der Waals surface area contributed by atoms with Gasteiger partial charge in [0, 0.05) is 31.0 Å². The van der Waals surface area contributed by atoms with E-state index in [1.165, 1.54) is 0 Å². The van der Waals surface area contributed by atoms with E-state index in [4.69, 9.17) is 9.47 Å². The van der Waals surface area contributed by atoms with Gasteiger partial charge in [0.15, 0.2) is 11.5 Å². The lowest BCUT2D eigenvalue weighted by Gasteiger charge is -2.15. The monoisotopic (exact) mass is 332 g/mol. The number of hydrogen-bond donors (Lipinski definition) is 2. The molecule has 2 N–H and O–H groups in total. The number of amides is 1. The minimum atomic E-state index is -0.761. The fourth-order valence-corrected chi connectivity index (χ4v) is 2.41. The summed E-state index contributed by atoms with van der Waals surface area (Å²) in [6.07, 6.45) is 1.09. The van der Waals surface area contributed by atoms with Crippen LogP contribution in [0.4, 0.5) is 0 Å². The first-order valence-corrected chi connectivity index (χ1v) is 8.04. The second-order valence-corrected chi connectivity index (χ2v) is 5.30. The van der Waals surface area contributed by atoms with Crippen molar-refractivity contribution in [2.45, 2.75) is 20.0 Å². The molecule has 0 spiro atoms. The van der Waals surface area contributed by atoms with Crippen LogP contribution in [0.2, 0.25) is 0 Å². The quantitative estimate of drug-likeness (QED) is 0.778. The number of ether oxygens (including phenoxy) is 2. The van der Waals surface area contributed by atoms with Crippen molar-refractivity contribution in [1.29, 1.82) is 0 Å². The molecule has 24 heavy (non-hydrogen) atoms. The average Bonchev–Trinajstić information content (AvgIpc) is 3.00. The van der Waals surface area contributed by atoms with Gasteiger partial charge in [-0.1, -0.05) is 0 Å². The molecule has 0 saturated carbocycles. The Morgan fingerprint density at radius 1 is 1.21 bits per heavy atom. The molecule has 1 aromatic carbocycles. The third kappa shape index (κ3) is 4.29. The third-order valence-corrected chi connectivity index (χ3v) is 3.59. The van der Waals surface area contributed by atoms with E-state index < -0.39 is 6.10 Å². The maximum Gasteiger partial charge on any atom is 0.251 e. The Balaban J connectivity index is 2.04. The Labute approximate surface area is 142 Å². The lowest BCUT2D eigenvalue weighted by atomic mass is 10.1. The van der Waals surface area contributed by atoms with Crippen molar-refractivity contribution in [3.05, 3.63) is 47.8 Å². The molecule has 1 atom stereocenters. The van der Waals surface area contributed by atoms with Crippen LogP contribution in [0.3, 0.4) is 0 Å². The van der Waals surface area contributed by atoms with Gasteiger partial charge >= 0.3 is 0 Å². The van der Waals surface area contributed by atoms with Gasteiger partial charge in [-0.2, -0.15) is 0 Å². The van der Waals surface area contributed by atoms with Crippen molar-refractivity contribution in [3.8, 4) is 11.5 Å². The van der Waals surface area contributed by atoms with Crippen LogP contribution < -0.4 is 14.8 Å². The van der Waals surface area contributed by atoms with E-state index in [1.807, 2.05) is 43.8 Å². The van der Waals surface area contributed by atoms with Crippen LogP contribution >= 0.6 is 0 Å². The molecule has 2 rings (SSSR count). The number of nitrogens with one attached hydrogen (secondary N) is 1. The summed E-state index contributed by atoms with van der Waals surface area (Å²) in [6, 6.07) is 8.72. The summed E-state index contributed by atoms with van der Waals surface area (Å²) in [6.45, 7) is 4.90. The number of aliphatic hydroxyl groups is 1. The van der Waals surface area contributed by atoms with Crippen LogP contribution in [-0.2, 0) is 7.05 Å². The molecule has 0 saturated heterocycles. The van der Waals surface area contributed by atoms with Gasteiger partial charge in [-0.25, -0.2) is 0 Å². The largest absolute Gasteiger partial charge is 0.490 e. The summed E-state index contributed by atoms with van der Waals surface area (Å²) in [5.74, 6) is 0.877. The van der Waals surface area contributed by atoms with Crippen LogP contribution in [0.1, 0.15) is 36.0 Å². The number of carbonyl (C=O) groups excluding carboxylic acids is 1. The van der Waals surface area contributed by atoms with E-state index in [9.17, 15) is 9.90 Å². The lowest BCUT2D eigenvalue weighted by molar-refractivity contribution is 0.0912. The second-order valence-electron chi connectivity index (χ2n) is 5.30. The van der Waals surface area contributed by atoms with E-state index in [-0.39, 0.29) is 12.5 Å². The molecule has 6 heteroatoms.